The maximum absolute atomic E-state index is 11.9. The van der Waals surface area contributed by atoms with Crippen molar-refractivity contribution < 1.29 is 9.53 Å². The predicted molar refractivity (Wildman–Crippen MR) is 117 cm³/mol. The molecule has 1 atom stereocenters. The quantitative estimate of drug-likeness (QED) is 0.404. The van der Waals surface area contributed by atoms with Crippen molar-refractivity contribution in [3.63, 3.8) is 0 Å². The summed E-state index contributed by atoms with van der Waals surface area (Å²) in [7, 11) is 0. The Morgan fingerprint density at radius 3 is 2.70 bits per heavy atom. The Morgan fingerprint density at radius 1 is 1.33 bits per heavy atom. The van der Waals surface area contributed by atoms with E-state index in [1.165, 1.54) is 0 Å². The number of nitrogens with one attached hydrogen (secondary N) is 2. The first-order valence-electron chi connectivity index (χ1n) is 9.79. The van der Waals surface area contributed by atoms with Gasteiger partial charge in [0.1, 0.15) is 5.75 Å². The molecule has 1 heterocycles. The van der Waals surface area contributed by atoms with Crippen LogP contribution in [0, 0.1) is 5.92 Å². The number of aromatic amines is 1. The van der Waals surface area contributed by atoms with Gasteiger partial charge in [0.25, 0.3) is 0 Å². The van der Waals surface area contributed by atoms with Crippen molar-refractivity contribution in [1.29, 1.82) is 0 Å². The zero-order chi connectivity index (χ0) is 20.0. The van der Waals surface area contributed by atoms with E-state index >= 15 is 0 Å². The average Bonchev–Trinajstić information content (AvgIpc) is 3.03. The first kappa shape index (κ1) is 22.1. The number of unbranched alkanes of at least 4 members (excludes halogenated alkanes) is 1. The SMILES string of the molecule is CCCCOc1cc2c(C(CNC(=O)CCC)C(C)C)c[nH]c2c(Cl)c1Br. The molecule has 0 aliphatic rings. The van der Waals surface area contributed by atoms with E-state index in [4.69, 9.17) is 16.3 Å². The molecule has 1 aromatic heterocycles. The molecular formula is C21H30BrClN2O2. The molecule has 150 valence electrons. The van der Waals surface area contributed by atoms with Gasteiger partial charge in [-0.05, 0) is 46.3 Å². The Kier molecular flexibility index (Phi) is 8.49. The standard InChI is InChI=1S/C21H30BrClN2O2/c1-5-7-9-27-17-10-14-16(12-25-21(14)20(23)19(17)22)15(13(3)4)11-24-18(26)8-6-2/h10,12-13,15,25H,5-9,11H2,1-4H3,(H,24,26). The lowest BCUT2D eigenvalue weighted by atomic mass is 9.88. The van der Waals surface area contributed by atoms with Gasteiger partial charge in [-0.3, -0.25) is 4.79 Å². The molecule has 0 saturated carbocycles. The molecule has 0 bridgehead atoms. The number of halogens is 2. The normalized spacial score (nSPS) is 12.6. The highest BCUT2D eigenvalue weighted by molar-refractivity contribution is 9.10. The number of hydrogen-bond donors (Lipinski definition) is 2. The second kappa shape index (κ2) is 10.4. The van der Waals surface area contributed by atoms with E-state index < -0.39 is 0 Å². The van der Waals surface area contributed by atoms with E-state index in [1.807, 2.05) is 13.1 Å². The largest absolute Gasteiger partial charge is 0.492 e. The third-order valence-electron chi connectivity index (χ3n) is 4.81. The number of rotatable bonds is 10. The molecular weight excluding hydrogens is 428 g/mol. The lowest BCUT2D eigenvalue weighted by Crippen LogP contribution is -2.30. The summed E-state index contributed by atoms with van der Waals surface area (Å²) in [5, 5.41) is 4.76. The van der Waals surface area contributed by atoms with Gasteiger partial charge in [0.05, 0.1) is 21.6 Å². The van der Waals surface area contributed by atoms with Gasteiger partial charge in [-0.25, -0.2) is 0 Å². The van der Waals surface area contributed by atoms with Crippen LogP contribution in [0.5, 0.6) is 5.75 Å². The molecule has 0 aliphatic carbocycles. The number of carbonyl (C=O) groups excluding carboxylic acids is 1. The molecule has 6 heteroatoms. The molecule has 27 heavy (non-hydrogen) atoms. The second-order valence-electron chi connectivity index (χ2n) is 7.28. The number of ether oxygens (including phenoxy) is 1. The Hall–Kier alpha value is -1.20. The Balaban J connectivity index is 2.36. The number of benzene rings is 1. The van der Waals surface area contributed by atoms with E-state index in [1.54, 1.807) is 0 Å². The summed E-state index contributed by atoms with van der Waals surface area (Å²) < 4.78 is 6.72. The van der Waals surface area contributed by atoms with E-state index in [0.29, 0.717) is 30.5 Å². The average molecular weight is 458 g/mol. The molecule has 2 rings (SSSR count). The van der Waals surface area contributed by atoms with Crippen LogP contribution >= 0.6 is 27.5 Å². The minimum atomic E-state index is 0.104. The Morgan fingerprint density at radius 2 is 2.07 bits per heavy atom. The molecule has 0 saturated heterocycles. The van der Waals surface area contributed by atoms with Crippen molar-refractivity contribution >= 4 is 44.3 Å². The highest BCUT2D eigenvalue weighted by atomic mass is 79.9. The van der Waals surface area contributed by atoms with Crippen molar-refractivity contribution in [1.82, 2.24) is 10.3 Å². The summed E-state index contributed by atoms with van der Waals surface area (Å²) in [6.45, 7) is 9.78. The summed E-state index contributed by atoms with van der Waals surface area (Å²) in [4.78, 5) is 15.2. The lowest BCUT2D eigenvalue weighted by molar-refractivity contribution is -0.121. The van der Waals surface area contributed by atoms with Crippen LogP contribution in [0.4, 0.5) is 0 Å². The second-order valence-corrected chi connectivity index (χ2v) is 8.45. The van der Waals surface area contributed by atoms with Gasteiger partial charge in [-0.15, -0.1) is 0 Å². The van der Waals surface area contributed by atoms with Crippen LogP contribution in [0.2, 0.25) is 5.02 Å². The predicted octanol–water partition coefficient (Wildman–Crippen LogP) is 6.42. The zero-order valence-corrected chi connectivity index (χ0v) is 19.0. The van der Waals surface area contributed by atoms with Crippen LogP contribution in [0.1, 0.15) is 64.9 Å². The van der Waals surface area contributed by atoms with Gasteiger partial charge >= 0.3 is 0 Å². The number of fused-ring (bicyclic) bond motifs is 1. The van der Waals surface area contributed by atoms with E-state index in [2.05, 4.69) is 53.1 Å². The fourth-order valence-electron chi connectivity index (χ4n) is 3.18. The number of aromatic nitrogens is 1. The minimum Gasteiger partial charge on any atom is -0.492 e. The molecule has 2 N–H and O–H groups in total. The molecule has 1 aromatic carbocycles. The Bertz CT molecular complexity index is 773. The first-order valence-corrected chi connectivity index (χ1v) is 11.0. The fourth-order valence-corrected chi connectivity index (χ4v) is 3.86. The number of hydrogen-bond acceptors (Lipinski definition) is 2. The number of amides is 1. The van der Waals surface area contributed by atoms with Gasteiger partial charge < -0.3 is 15.0 Å². The maximum atomic E-state index is 11.9. The summed E-state index contributed by atoms with van der Waals surface area (Å²) in [6, 6.07) is 2.05. The van der Waals surface area contributed by atoms with Crippen molar-refractivity contribution in [3.05, 3.63) is 27.3 Å². The number of H-pyrrole nitrogens is 1. The van der Waals surface area contributed by atoms with Gasteiger partial charge in [0.15, 0.2) is 0 Å². The molecule has 4 nitrogen and oxygen atoms in total. The molecule has 0 fully saturated rings. The molecule has 0 aliphatic heterocycles. The maximum Gasteiger partial charge on any atom is 0.220 e. The third kappa shape index (κ3) is 5.41. The monoisotopic (exact) mass is 456 g/mol. The van der Waals surface area contributed by atoms with Crippen molar-refractivity contribution in [3.8, 4) is 5.75 Å². The molecule has 1 unspecified atom stereocenters. The van der Waals surface area contributed by atoms with E-state index in [-0.39, 0.29) is 11.8 Å². The van der Waals surface area contributed by atoms with Gasteiger partial charge in [-0.1, -0.05) is 45.7 Å². The van der Waals surface area contributed by atoms with Gasteiger partial charge in [-0.2, -0.15) is 0 Å². The summed E-state index contributed by atoms with van der Waals surface area (Å²) in [5.41, 5.74) is 2.05. The molecule has 0 radical (unpaired) electrons. The zero-order valence-electron chi connectivity index (χ0n) is 16.6. The first-order chi connectivity index (χ1) is 12.9. The highest BCUT2D eigenvalue weighted by Gasteiger charge is 2.23. The molecule has 0 spiro atoms. The van der Waals surface area contributed by atoms with Crippen LogP contribution in [-0.4, -0.2) is 24.0 Å². The van der Waals surface area contributed by atoms with E-state index in [0.717, 1.165) is 46.0 Å². The molecule has 1 amide bonds. The van der Waals surface area contributed by atoms with Crippen LogP contribution < -0.4 is 10.1 Å². The van der Waals surface area contributed by atoms with E-state index in [9.17, 15) is 4.79 Å². The van der Waals surface area contributed by atoms with Gasteiger partial charge in [0.2, 0.25) is 5.91 Å². The van der Waals surface area contributed by atoms with Crippen LogP contribution in [0.25, 0.3) is 10.9 Å². The van der Waals surface area contributed by atoms with Crippen molar-refractivity contribution in [2.24, 2.45) is 5.92 Å². The van der Waals surface area contributed by atoms with Crippen LogP contribution in [-0.2, 0) is 4.79 Å². The minimum absolute atomic E-state index is 0.104. The lowest BCUT2D eigenvalue weighted by Gasteiger charge is -2.21. The van der Waals surface area contributed by atoms with Crippen LogP contribution in [0.15, 0.2) is 16.7 Å². The summed E-state index contributed by atoms with van der Waals surface area (Å²) in [5.74, 6) is 1.43. The number of carbonyl (C=O) groups is 1. The van der Waals surface area contributed by atoms with Gasteiger partial charge in [0, 0.05) is 30.5 Å². The fraction of sp³-hybridized carbons (Fsp3) is 0.571. The highest BCUT2D eigenvalue weighted by Crippen LogP contribution is 2.42. The summed E-state index contributed by atoms with van der Waals surface area (Å²) >= 11 is 10.1. The third-order valence-corrected chi connectivity index (χ3v) is 6.21. The summed E-state index contributed by atoms with van der Waals surface area (Å²) in [6.07, 6.45) is 5.51. The Labute approximate surface area is 175 Å². The molecule has 2 aromatic rings. The van der Waals surface area contributed by atoms with Crippen LogP contribution in [0.3, 0.4) is 0 Å². The topological polar surface area (TPSA) is 54.1 Å². The smallest absolute Gasteiger partial charge is 0.220 e. The van der Waals surface area contributed by atoms with Crippen molar-refractivity contribution in [2.75, 3.05) is 13.2 Å². The van der Waals surface area contributed by atoms with Crippen molar-refractivity contribution in [2.45, 2.75) is 59.3 Å².